The van der Waals surface area contributed by atoms with Crippen molar-refractivity contribution >= 4 is 23.4 Å². The predicted octanol–water partition coefficient (Wildman–Crippen LogP) is 2.96. The molecule has 0 saturated carbocycles. The second-order valence-electron chi connectivity index (χ2n) is 7.49. The highest BCUT2D eigenvalue weighted by Gasteiger charge is 2.22. The van der Waals surface area contributed by atoms with Gasteiger partial charge in [-0.3, -0.25) is 4.79 Å². The van der Waals surface area contributed by atoms with Gasteiger partial charge in [-0.15, -0.1) is 10.2 Å². The number of pyridine rings is 1. The van der Waals surface area contributed by atoms with Gasteiger partial charge in [-0.1, -0.05) is 24.3 Å². The van der Waals surface area contributed by atoms with Crippen molar-refractivity contribution in [2.45, 2.75) is 13.8 Å². The largest absolute Gasteiger partial charge is 0.484 e. The number of rotatable bonds is 6. The number of aryl methyl sites for hydroxylation is 2. The SMILES string of the molecule is Cc1cccc(Nc2ccc(N3CCN(C(=O)COc4ccccc4C)CC3)nn2)n1. The number of anilines is 3. The van der Waals surface area contributed by atoms with E-state index < -0.39 is 0 Å². The number of ether oxygens (including phenoxy) is 1. The molecule has 3 heterocycles. The van der Waals surface area contributed by atoms with E-state index >= 15 is 0 Å². The molecule has 2 aromatic heterocycles. The molecule has 1 N–H and O–H groups in total. The van der Waals surface area contributed by atoms with Crippen molar-refractivity contribution in [3.63, 3.8) is 0 Å². The fraction of sp³-hybridized carbons (Fsp3) is 0.304. The topological polar surface area (TPSA) is 83.5 Å². The maximum Gasteiger partial charge on any atom is 0.260 e. The molecule has 3 aromatic rings. The molecule has 0 bridgehead atoms. The van der Waals surface area contributed by atoms with Crippen LogP contribution < -0.4 is 15.0 Å². The maximum absolute atomic E-state index is 12.5. The van der Waals surface area contributed by atoms with Gasteiger partial charge in [-0.05, 0) is 49.7 Å². The molecule has 1 saturated heterocycles. The average Bonchev–Trinajstić information content (AvgIpc) is 2.79. The Kier molecular flexibility index (Phi) is 6.26. The van der Waals surface area contributed by atoms with Crippen molar-refractivity contribution in [3.05, 3.63) is 65.9 Å². The van der Waals surface area contributed by atoms with Crippen LogP contribution in [0.15, 0.2) is 54.6 Å². The van der Waals surface area contributed by atoms with E-state index in [1.165, 1.54) is 0 Å². The quantitative estimate of drug-likeness (QED) is 0.659. The van der Waals surface area contributed by atoms with E-state index in [2.05, 4.69) is 25.4 Å². The Labute approximate surface area is 181 Å². The lowest BCUT2D eigenvalue weighted by molar-refractivity contribution is -0.133. The van der Waals surface area contributed by atoms with Crippen molar-refractivity contribution in [1.82, 2.24) is 20.1 Å². The van der Waals surface area contributed by atoms with Crippen molar-refractivity contribution in [1.29, 1.82) is 0 Å². The summed E-state index contributed by atoms with van der Waals surface area (Å²) in [4.78, 5) is 20.9. The number of carbonyl (C=O) groups excluding carboxylic acids is 1. The fourth-order valence-electron chi connectivity index (χ4n) is 3.44. The summed E-state index contributed by atoms with van der Waals surface area (Å²) < 4.78 is 5.69. The van der Waals surface area contributed by atoms with Crippen LogP contribution >= 0.6 is 0 Å². The Hall–Kier alpha value is -3.68. The highest BCUT2D eigenvalue weighted by molar-refractivity contribution is 5.78. The average molecular weight is 419 g/mol. The molecule has 0 aliphatic carbocycles. The Bertz CT molecular complexity index is 1030. The molecule has 160 valence electrons. The van der Waals surface area contributed by atoms with Crippen LogP contribution in [0.5, 0.6) is 5.75 Å². The Balaban J connectivity index is 1.27. The molecule has 1 aliphatic rings. The van der Waals surface area contributed by atoms with Crippen LogP contribution in [0.3, 0.4) is 0 Å². The Morgan fingerprint density at radius 3 is 2.45 bits per heavy atom. The lowest BCUT2D eigenvalue weighted by Gasteiger charge is -2.35. The van der Waals surface area contributed by atoms with E-state index in [1.807, 2.05) is 73.3 Å². The summed E-state index contributed by atoms with van der Waals surface area (Å²) in [7, 11) is 0. The first-order chi connectivity index (χ1) is 15.1. The molecule has 0 spiro atoms. The van der Waals surface area contributed by atoms with Gasteiger partial charge in [0.05, 0.1) is 0 Å². The minimum Gasteiger partial charge on any atom is -0.484 e. The highest BCUT2D eigenvalue weighted by Crippen LogP contribution is 2.18. The predicted molar refractivity (Wildman–Crippen MR) is 120 cm³/mol. The Morgan fingerprint density at radius 2 is 1.74 bits per heavy atom. The third kappa shape index (κ3) is 5.28. The second-order valence-corrected chi connectivity index (χ2v) is 7.49. The molecule has 1 aromatic carbocycles. The molecule has 1 aliphatic heterocycles. The maximum atomic E-state index is 12.5. The smallest absolute Gasteiger partial charge is 0.260 e. The van der Waals surface area contributed by atoms with Gasteiger partial charge in [0.2, 0.25) is 0 Å². The van der Waals surface area contributed by atoms with E-state index in [0.29, 0.717) is 32.0 Å². The van der Waals surface area contributed by atoms with Crippen LogP contribution in [-0.4, -0.2) is 58.8 Å². The zero-order chi connectivity index (χ0) is 21.6. The number of benzene rings is 1. The number of carbonyl (C=O) groups is 1. The van der Waals surface area contributed by atoms with E-state index in [0.717, 1.165) is 28.6 Å². The normalized spacial score (nSPS) is 13.7. The van der Waals surface area contributed by atoms with Crippen LogP contribution in [-0.2, 0) is 4.79 Å². The van der Waals surface area contributed by atoms with E-state index in [4.69, 9.17) is 4.74 Å². The molecule has 0 radical (unpaired) electrons. The van der Waals surface area contributed by atoms with Gasteiger partial charge in [0.1, 0.15) is 11.6 Å². The number of aromatic nitrogens is 3. The molecule has 31 heavy (non-hydrogen) atoms. The molecule has 0 unspecified atom stereocenters. The molecule has 8 nitrogen and oxygen atoms in total. The summed E-state index contributed by atoms with van der Waals surface area (Å²) in [5, 5.41) is 11.8. The van der Waals surface area contributed by atoms with Crippen molar-refractivity contribution in [3.8, 4) is 5.75 Å². The van der Waals surface area contributed by atoms with Gasteiger partial charge in [0.15, 0.2) is 18.2 Å². The van der Waals surface area contributed by atoms with E-state index in [9.17, 15) is 4.79 Å². The minimum absolute atomic E-state index is 0.000750. The number of nitrogens with zero attached hydrogens (tertiary/aromatic N) is 5. The monoisotopic (exact) mass is 418 g/mol. The van der Waals surface area contributed by atoms with Crippen LogP contribution in [0.1, 0.15) is 11.3 Å². The molecule has 4 rings (SSSR count). The lowest BCUT2D eigenvalue weighted by atomic mass is 10.2. The van der Waals surface area contributed by atoms with Crippen molar-refractivity contribution in [2.24, 2.45) is 0 Å². The summed E-state index contributed by atoms with van der Waals surface area (Å²) in [6, 6.07) is 17.3. The van der Waals surface area contributed by atoms with Gasteiger partial charge in [-0.25, -0.2) is 4.98 Å². The van der Waals surface area contributed by atoms with Gasteiger partial charge in [0.25, 0.3) is 5.91 Å². The van der Waals surface area contributed by atoms with Crippen LogP contribution in [0, 0.1) is 13.8 Å². The van der Waals surface area contributed by atoms with Gasteiger partial charge in [-0.2, -0.15) is 0 Å². The number of nitrogens with one attached hydrogen (secondary N) is 1. The second kappa shape index (κ2) is 9.42. The summed E-state index contributed by atoms with van der Waals surface area (Å²) in [5.74, 6) is 2.93. The zero-order valence-corrected chi connectivity index (χ0v) is 17.8. The molecular weight excluding hydrogens is 392 g/mol. The molecule has 1 amide bonds. The first-order valence-corrected chi connectivity index (χ1v) is 10.3. The number of hydrogen-bond donors (Lipinski definition) is 1. The Morgan fingerprint density at radius 1 is 0.935 bits per heavy atom. The summed E-state index contributed by atoms with van der Waals surface area (Å²) in [6.45, 7) is 6.64. The first kappa shape index (κ1) is 20.6. The number of hydrogen-bond acceptors (Lipinski definition) is 7. The summed E-state index contributed by atoms with van der Waals surface area (Å²) in [6.07, 6.45) is 0. The highest BCUT2D eigenvalue weighted by atomic mass is 16.5. The number of piperazine rings is 1. The third-order valence-electron chi connectivity index (χ3n) is 5.20. The number of amides is 1. The summed E-state index contributed by atoms with van der Waals surface area (Å²) >= 11 is 0. The molecule has 1 fully saturated rings. The van der Waals surface area contributed by atoms with E-state index in [-0.39, 0.29) is 12.5 Å². The van der Waals surface area contributed by atoms with E-state index in [1.54, 1.807) is 0 Å². The standard InChI is InChI=1S/C23H26N6O2/c1-17-6-3-4-8-19(17)31-16-23(30)29-14-12-28(13-15-29)22-11-10-21(26-27-22)25-20-9-5-7-18(2)24-20/h3-11H,12-16H2,1-2H3,(H,24,25,26). The fourth-order valence-corrected chi connectivity index (χ4v) is 3.44. The van der Waals surface area contributed by atoms with Gasteiger partial charge < -0.3 is 19.9 Å². The minimum atomic E-state index is -0.000750. The van der Waals surface area contributed by atoms with Gasteiger partial charge >= 0.3 is 0 Å². The molecular formula is C23H26N6O2. The molecule has 0 atom stereocenters. The van der Waals surface area contributed by atoms with Crippen LogP contribution in [0.2, 0.25) is 0 Å². The zero-order valence-electron chi connectivity index (χ0n) is 17.8. The van der Waals surface area contributed by atoms with Gasteiger partial charge in [0, 0.05) is 31.9 Å². The van der Waals surface area contributed by atoms with Crippen molar-refractivity contribution < 1.29 is 9.53 Å². The first-order valence-electron chi connectivity index (χ1n) is 10.3. The number of para-hydroxylation sites is 1. The lowest BCUT2D eigenvalue weighted by Crippen LogP contribution is -2.50. The van der Waals surface area contributed by atoms with Crippen LogP contribution in [0.25, 0.3) is 0 Å². The van der Waals surface area contributed by atoms with Crippen molar-refractivity contribution in [2.75, 3.05) is 43.0 Å². The third-order valence-corrected chi connectivity index (χ3v) is 5.20. The molecule has 8 heteroatoms. The van der Waals surface area contributed by atoms with Crippen LogP contribution in [0.4, 0.5) is 17.5 Å². The summed E-state index contributed by atoms with van der Waals surface area (Å²) in [5.41, 5.74) is 1.96.